The van der Waals surface area contributed by atoms with Gasteiger partial charge in [0.1, 0.15) is 0 Å². The molecule has 0 aromatic heterocycles. The van der Waals surface area contributed by atoms with Crippen LogP contribution in [0.1, 0.15) is 0 Å². The zero-order valence-electron chi connectivity index (χ0n) is 3.97. The second kappa shape index (κ2) is 8.82. The molecule has 0 fully saturated rings. The normalized spacial score (nSPS) is 11.8. The molecule has 1 radical (unpaired) electrons. The first-order chi connectivity index (χ1) is 2.91. The summed E-state index contributed by atoms with van der Waals surface area (Å²) in [6.45, 7) is 1.74. The fourth-order valence-corrected chi connectivity index (χ4v) is 0. The zero-order chi connectivity index (χ0) is 5.41. The number of hydrogen-bond acceptors (Lipinski definition) is 0. The molecule has 0 bridgehead atoms. The second-order valence-corrected chi connectivity index (χ2v) is 1.50. The monoisotopic (exact) mass is 277 g/mol. The molecule has 4 heteroatoms. The molecule has 0 heterocycles. The summed E-state index contributed by atoms with van der Waals surface area (Å²) in [5.41, 5.74) is 0. The average molecular weight is 277 g/mol. The SMILES string of the molecule is [3H]P[B]P.[3H][Pt]. The summed E-state index contributed by atoms with van der Waals surface area (Å²) in [5.74, 6) is 0. The van der Waals surface area contributed by atoms with Crippen molar-refractivity contribution in [3.8, 4) is 0 Å². The molecule has 2 atom stereocenters. The molecule has 0 rings (SSSR count). The van der Waals surface area contributed by atoms with Gasteiger partial charge in [0.2, 0.25) is 0 Å². The third-order valence-corrected chi connectivity index (χ3v) is 0. The van der Waals surface area contributed by atoms with E-state index in [1.165, 1.54) is 20.9 Å². The van der Waals surface area contributed by atoms with Gasteiger partial charge in [0.25, 0.3) is 0 Å². The molecule has 2 unspecified atom stereocenters. The first-order valence-corrected chi connectivity index (χ1v) is 1.87. The maximum atomic E-state index is 6.40. The summed E-state index contributed by atoms with van der Waals surface area (Å²) in [5, 5.41) is 0. The van der Waals surface area contributed by atoms with Gasteiger partial charge in [0.15, 0.2) is 6.72 Å². The summed E-state index contributed by atoms with van der Waals surface area (Å²) in [4.78, 5) is 0. The first-order valence-electron chi connectivity index (χ1n) is 1.44. The van der Waals surface area contributed by atoms with E-state index in [9.17, 15) is 0 Å². The molecule has 0 aromatic carbocycles. The molecular weight excluding hydrogens is 268 g/mol. The Morgan fingerprint density at radius 1 is 2.25 bits per heavy atom. The van der Waals surface area contributed by atoms with E-state index in [1.54, 1.807) is 6.72 Å². The van der Waals surface area contributed by atoms with Crippen LogP contribution in [-0.2, 0) is 20.9 Å². The van der Waals surface area contributed by atoms with Crippen molar-refractivity contribution in [2.75, 3.05) is 0 Å². The average Bonchev–Trinajstić information content (AvgIpc) is 1.72. The predicted molar refractivity (Wildman–Crippen MR) is 26.6 cm³/mol. The van der Waals surface area contributed by atoms with E-state index < -0.39 is 0 Å². The standard InChI is InChI=1S/BH4P2.Pt.H/c2-1-3;;/h2-3H2;;/i2T;;1+2. The molecule has 4 heavy (non-hydrogen) atoms. The van der Waals surface area contributed by atoms with Crippen LogP contribution in [0.15, 0.2) is 0 Å². The van der Waals surface area contributed by atoms with Crippen molar-refractivity contribution < 1.29 is 20.9 Å². The minimum absolute atomic E-state index is 0.228. The van der Waals surface area contributed by atoms with E-state index >= 15 is 0 Å². The molecule has 0 aliphatic carbocycles. The van der Waals surface area contributed by atoms with E-state index in [-0.39, 0.29) is 9.06 Å². The zero-order valence-corrected chi connectivity index (χ0v) is 6.40. The van der Waals surface area contributed by atoms with Crippen LogP contribution in [0.3, 0.4) is 0 Å². The van der Waals surface area contributed by atoms with Gasteiger partial charge in [-0.05, 0) is 0 Å². The summed E-state index contributed by atoms with van der Waals surface area (Å²) in [7, 11) is 2.58. The Kier molecular flexibility index (Phi) is 8.36. The van der Waals surface area contributed by atoms with Crippen LogP contribution in [-0.4, -0.2) is 8.75 Å². The van der Waals surface area contributed by atoms with Crippen molar-refractivity contribution in [1.82, 2.24) is 0 Å². The topological polar surface area (TPSA) is 0 Å². The summed E-state index contributed by atoms with van der Waals surface area (Å²) < 4.78 is 12.1. The van der Waals surface area contributed by atoms with E-state index in [1.807, 2.05) is 0 Å². The third-order valence-electron chi connectivity index (χ3n) is 0. The Morgan fingerprint density at radius 2 is 2.50 bits per heavy atom. The fraction of sp³-hybridized carbons (Fsp3) is 0. The molecular formula is H5BP2Pt. The van der Waals surface area contributed by atoms with Crippen molar-refractivity contribution in [3.05, 3.63) is 0 Å². The Hall–Kier alpha value is 1.61. The molecule has 0 aromatic rings. The van der Waals surface area contributed by atoms with E-state index in [0.717, 1.165) is 0 Å². The number of hydrogen-bond donors (Lipinski definition) is 0. The predicted octanol–water partition coefficient (Wildman–Crippen LogP) is 0.000600. The molecule has 0 aliphatic heterocycles. The van der Waals surface area contributed by atoms with Gasteiger partial charge in [-0.3, -0.25) is 0 Å². The van der Waals surface area contributed by atoms with E-state index in [0.29, 0.717) is 0 Å². The van der Waals surface area contributed by atoms with Gasteiger partial charge in [-0.1, -0.05) is 0 Å². The first kappa shape index (κ1) is 3.79. The van der Waals surface area contributed by atoms with Gasteiger partial charge in [0.05, 0.1) is 0 Å². The molecule has 0 aliphatic rings. The summed E-state index contributed by atoms with van der Waals surface area (Å²) >= 11 is 1.39. The fourth-order valence-electron chi connectivity index (χ4n) is 0. The Morgan fingerprint density at radius 3 is 2.50 bits per heavy atom. The van der Waals surface area contributed by atoms with Gasteiger partial charge in [-0.25, -0.2) is 0 Å². The third kappa shape index (κ3) is 9.48. The van der Waals surface area contributed by atoms with Crippen LogP contribution >= 0.6 is 18.2 Å². The van der Waals surface area contributed by atoms with Crippen molar-refractivity contribution in [2.45, 2.75) is 0 Å². The van der Waals surface area contributed by atoms with Gasteiger partial charge in [-0.15, -0.1) is 0 Å². The number of rotatable bonds is 1. The minimum atomic E-state index is 0.228. The van der Waals surface area contributed by atoms with E-state index in [2.05, 4.69) is 9.12 Å². The molecule has 28 valence electrons. The van der Waals surface area contributed by atoms with Crippen LogP contribution in [0, 0.1) is 0 Å². The van der Waals surface area contributed by atoms with Crippen LogP contribution in [0.4, 0.5) is 0 Å². The van der Waals surface area contributed by atoms with Crippen LogP contribution in [0.2, 0.25) is 0 Å². The molecule has 0 N–H and O–H groups in total. The van der Waals surface area contributed by atoms with Crippen molar-refractivity contribution in [2.24, 2.45) is 0 Å². The maximum absolute atomic E-state index is 6.40. The van der Waals surface area contributed by atoms with Gasteiger partial charge in [-0.2, -0.15) is 18.2 Å². The summed E-state index contributed by atoms with van der Waals surface area (Å²) in [6.07, 6.45) is 0. The van der Waals surface area contributed by atoms with E-state index in [4.69, 9.17) is 2.03 Å². The van der Waals surface area contributed by atoms with Gasteiger partial charge < -0.3 is 0 Å². The summed E-state index contributed by atoms with van der Waals surface area (Å²) in [6, 6.07) is 0. The van der Waals surface area contributed by atoms with Crippen molar-refractivity contribution >= 4 is 24.9 Å². The molecule has 0 nitrogen and oxygen atoms in total. The van der Waals surface area contributed by atoms with Gasteiger partial charge >= 0.3 is 21.6 Å². The Bertz CT molecular complexity index is 13.5. The molecule has 0 amide bonds. The van der Waals surface area contributed by atoms with Crippen LogP contribution < -0.4 is 0 Å². The molecule has 0 saturated carbocycles. The van der Waals surface area contributed by atoms with Crippen molar-refractivity contribution in [1.29, 1.82) is 2.03 Å². The quantitative estimate of drug-likeness (QED) is 0.467. The van der Waals surface area contributed by atoms with Crippen molar-refractivity contribution in [3.63, 3.8) is 0 Å². The second-order valence-electron chi connectivity index (χ2n) is 0.167. The molecule has 0 spiro atoms. The molecule has 0 saturated heterocycles. The van der Waals surface area contributed by atoms with Crippen LogP contribution in [0.25, 0.3) is 0 Å². The van der Waals surface area contributed by atoms with Gasteiger partial charge in [0, 0.05) is 1.28 Å². The Balaban J connectivity index is 0. The van der Waals surface area contributed by atoms with Crippen LogP contribution in [0.5, 0.6) is 0 Å². The Labute approximate surface area is 48.2 Å².